The lowest BCUT2D eigenvalue weighted by Gasteiger charge is -2.40. The average molecular weight is 185 g/mol. The van der Waals surface area contributed by atoms with Gasteiger partial charge in [0.05, 0.1) is 0 Å². The summed E-state index contributed by atoms with van der Waals surface area (Å²) < 4.78 is 0. The summed E-state index contributed by atoms with van der Waals surface area (Å²) in [6.07, 6.45) is 3.88. The zero-order valence-electron chi connectivity index (χ0n) is 8.47. The first-order valence-corrected chi connectivity index (χ1v) is 4.94. The number of hydrogen-bond donors (Lipinski definition) is 2. The third-order valence-corrected chi connectivity index (χ3v) is 3.10. The number of amides is 1. The lowest BCUT2D eigenvalue weighted by molar-refractivity contribution is -0.124. The van der Waals surface area contributed by atoms with Crippen LogP contribution in [0.4, 0.5) is 0 Å². The molecule has 0 radical (unpaired) electrons. The summed E-state index contributed by atoms with van der Waals surface area (Å²) in [5.74, 6) is 0.471. The fourth-order valence-electron chi connectivity index (χ4n) is 1.72. The van der Waals surface area contributed by atoms with Crippen molar-refractivity contribution in [3.8, 4) is 0 Å². The maximum atomic E-state index is 10.8. The SMILES string of the molecule is CC(C)(CNC(=O)CO)C1CCC1. The Bertz CT molecular complexity index is 185. The van der Waals surface area contributed by atoms with E-state index in [9.17, 15) is 4.79 Å². The fourth-order valence-corrected chi connectivity index (χ4v) is 1.72. The lowest BCUT2D eigenvalue weighted by atomic mass is 9.67. The molecule has 3 heteroatoms. The zero-order valence-corrected chi connectivity index (χ0v) is 8.47. The molecule has 0 atom stereocenters. The van der Waals surface area contributed by atoms with Gasteiger partial charge in [0.15, 0.2) is 0 Å². The Morgan fingerprint density at radius 2 is 2.15 bits per heavy atom. The maximum absolute atomic E-state index is 10.8. The minimum atomic E-state index is -0.402. The minimum absolute atomic E-state index is 0.184. The van der Waals surface area contributed by atoms with E-state index in [2.05, 4.69) is 19.2 Å². The second kappa shape index (κ2) is 4.09. The van der Waals surface area contributed by atoms with Crippen molar-refractivity contribution in [1.82, 2.24) is 5.32 Å². The first-order chi connectivity index (χ1) is 6.06. The molecule has 1 aliphatic carbocycles. The molecule has 1 rings (SSSR count). The van der Waals surface area contributed by atoms with Crippen molar-refractivity contribution in [2.45, 2.75) is 33.1 Å². The molecule has 1 saturated carbocycles. The highest BCUT2D eigenvalue weighted by Gasteiger charge is 2.33. The summed E-state index contributed by atoms with van der Waals surface area (Å²) in [4.78, 5) is 10.8. The molecule has 0 bridgehead atoms. The van der Waals surface area contributed by atoms with E-state index in [0.717, 1.165) is 5.92 Å². The Labute approximate surface area is 79.5 Å². The molecule has 3 nitrogen and oxygen atoms in total. The molecule has 1 fully saturated rings. The van der Waals surface area contributed by atoms with Gasteiger partial charge < -0.3 is 10.4 Å². The molecule has 0 unspecified atom stereocenters. The van der Waals surface area contributed by atoms with Crippen LogP contribution in [0, 0.1) is 11.3 Å². The van der Waals surface area contributed by atoms with Crippen LogP contribution in [0.2, 0.25) is 0 Å². The summed E-state index contributed by atoms with van der Waals surface area (Å²) in [7, 11) is 0. The van der Waals surface area contributed by atoms with E-state index in [4.69, 9.17) is 5.11 Å². The van der Waals surface area contributed by atoms with E-state index >= 15 is 0 Å². The molecule has 0 aromatic heterocycles. The normalized spacial score (nSPS) is 18.1. The second-order valence-corrected chi connectivity index (χ2v) is 4.55. The van der Waals surface area contributed by atoms with Crippen molar-refractivity contribution in [2.24, 2.45) is 11.3 Å². The minimum Gasteiger partial charge on any atom is -0.387 e. The zero-order chi connectivity index (χ0) is 9.90. The van der Waals surface area contributed by atoms with Crippen molar-refractivity contribution in [2.75, 3.05) is 13.2 Å². The van der Waals surface area contributed by atoms with Gasteiger partial charge in [-0.05, 0) is 24.2 Å². The van der Waals surface area contributed by atoms with E-state index in [0.29, 0.717) is 6.54 Å². The van der Waals surface area contributed by atoms with Gasteiger partial charge >= 0.3 is 0 Å². The van der Waals surface area contributed by atoms with Gasteiger partial charge in [-0.1, -0.05) is 20.3 Å². The van der Waals surface area contributed by atoms with Crippen LogP contribution in [0.1, 0.15) is 33.1 Å². The van der Waals surface area contributed by atoms with Crippen molar-refractivity contribution in [3.05, 3.63) is 0 Å². The molecule has 0 saturated heterocycles. The Hall–Kier alpha value is -0.570. The van der Waals surface area contributed by atoms with Gasteiger partial charge in [0.25, 0.3) is 0 Å². The quantitative estimate of drug-likeness (QED) is 0.684. The first kappa shape index (κ1) is 10.5. The monoisotopic (exact) mass is 185 g/mol. The van der Waals surface area contributed by atoms with Gasteiger partial charge in [-0.25, -0.2) is 0 Å². The number of rotatable bonds is 4. The van der Waals surface area contributed by atoms with Crippen LogP contribution in [-0.4, -0.2) is 24.2 Å². The van der Waals surface area contributed by atoms with E-state index in [1.54, 1.807) is 0 Å². The smallest absolute Gasteiger partial charge is 0.245 e. The predicted octanol–water partition coefficient (Wildman–Crippen LogP) is 0.921. The topological polar surface area (TPSA) is 49.3 Å². The van der Waals surface area contributed by atoms with E-state index < -0.39 is 6.61 Å². The number of carbonyl (C=O) groups is 1. The van der Waals surface area contributed by atoms with Crippen LogP contribution in [0.3, 0.4) is 0 Å². The van der Waals surface area contributed by atoms with Crippen molar-refractivity contribution in [1.29, 1.82) is 0 Å². The van der Waals surface area contributed by atoms with Crippen molar-refractivity contribution < 1.29 is 9.90 Å². The van der Waals surface area contributed by atoms with Gasteiger partial charge in [0, 0.05) is 6.54 Å². The molecule has 0 aliphatic heterocycles. The first-order valence-electron chi connectivity index (χ1n) is 4.94. The molecular weight excluding hydrogens is 166 g/mol. The number of aliphatic hydroxyl groups is 1. The Balaban J connectivity index is 2.28. The summed E-state index contributed by atoms with van der Waals surface area (Å²) in [5.41, 5.74) is 0.184. The predicted molar refractivity (Wildman–Crippen MR) is 51.2 cm³/mol. The summed E-state index contributed by atoms with van der Waals surface area (Å²) in [6.45, 7) is 4.63. The van der Waals surface area contributed by atoms with Crippen LogP contribution in [-0.2, 0) is 4.79 Å². The summed E-state index contributed by atoms with van der Waals surface area (Å²) in [5, 5.41) is 11.3. The van der Waals surface area contributed by atoms with Crippen LogP contribution in [0.25, 0.3) is 0 Å². The molecule has 76 valence electrons. The van der Waals surface area contributed by atoms with Crippen LogP contribution in [0.5, 0.6) is 0 Å². The third-order valence-electron chi connectivity index (χ3n) is 3.10. The summed E-state index contributed by atoms with van der Waals surface area (Å²) >= 11 is 0. The number of carbonyl (C=O) groups excluding carboxylic acids is 1. The highest BCUT2D eigenvalue weighted by molar-refractivity contribution is 5.76. The molecule has 13 heavy (non-hydrogen) atoms. The van der Waals surface area contributed by atoms with Crippen LogP contribution in [0.15, 0.2) is 0 Å². The largest absolute Gasteiger partial charge is 0.387 e. The molecular formula is C10H19NO2. The number of hydrogen-bond acceptors (Lipinski definition) is 2. The van der Waals surface area contributed by atoms with Crippen LogP contribution >= 0.6 is 0 Å². The molecule has 2 N–H and O–H groups in total. The van der Waals surface area contributed by atoms with Crippen LogP contribution < -0.4 is 5.32 Å². The molecule has 1 aliphatic rings. The van der Waals surface area contributed by atoms with E-state index in [1.165, 1.54) is 19.3 Å². The second-order valence-electron chi connectivity index (χ2n) is 4.55. The third kappa shape index (κ3) is 2.69. The van der Waals surface area contributed by atoms with E-state index in [1.807, 2.05) is 0 Å². The molecule has 0 spiro atoms. The standard InChI is InChI=1S/C10H19NO2/c1-10(2,8-4-3-5-8)7-11-9(13)6-12/h8,12H,3-7H2,1-2H3,(H,11,13). The van der Waals surface area contributed by atoms with Crippen molar-refractivity contribution in [3.63, 3.8) is 0 Å². The molecule has 1 amide bonds. The number of aliphatic hydroxyl groups excluding tert-OH is 1. The van der Waals surface area contributed by atoms with E-state index in [-0.39, 0.29) is 11.3 Å². The lowest BCUT2D eigenvalue weighted by Crippen LogP contribution is -2.41. The average Bonchev–Trinajstić information content (AvgIpc) is 1.96. The van der Waals surface area contributed by atoms with Gasteiger partial charge in [-0.15, -0.1) is 0 Å². The highest BCUT2D eigenvalue weighted by Crippen LogP contribution is 2.40. The highest BCUT2D eigenvalue weighted by atomic mass is 16.3. The van der Waals surface area contributed by atoms with Gasteiger partial charge in [-0.2, -0.15) is 0 Å². The Morgan fingerprint density at radius 1 is 1.54 bits per heavy atom. The molecule has 0 aromatic carbocycles. The number of nitrogens with one attached hydrogen (secondary N) is 1. The Kier molecular flexibility index (Phi) is 3.31. The maximum Gasteiger partial charge on any atom is 0.245 e. The Morgan fingerprint density at radius 3 is 2.54 bits per heavy atom. The molecule has 0 heterocycles. The molecule has 0 aromatic rings. The van der Waals surface area contributed by atoms with Crippen molar-refractivity contribution >= 4 is 5.91 Å². The van der Waals surface area contributed by atoms with Gasteiger partial charge in [0.1, 0.15) is 6.61 Å². The van der Waals surface area contributed by atoms with Gasteiger partial charge in [0.2, 0.25) is 5.91 Å². The van der Waals surface area contributed by atoms with Gasteiger partial charge in [-0.3, -0.25) is 4.79 Å². The summed E-state index contributed by atoms with van der Waals surface area (Å²) in [6, 6.07) is 0. The fraction of sp³-hybridized carbons (Fsp3) is 0.900.